The van der Waals surface area contributed by atoms with Crippen molar-refractivity contribution in [1.82, 2.24) is 0 Å². The number of alkyl halides is 1. The molecule has 1 nitrogen and oxygen atoms in total. The van der Waals surface area contributed by atoms with Crippen LogP contribution in [0.2, 0.25) is 0 Å². The number of hydrogen-bond acceptors (Lipinski definition) is 0. The summed E-state index contributed by atoms with van der Waals surface area (Å²) in [6.07, 6.45) is 13.9. The van der Waals surface area contributed by atoms with Gasteiger partial charge in [0, 0.05) is 5.56 Å². The monoisotopic (exact) mass is 338 g/mol. The molecule has 0 N–H and O–H groups in total. The molecule has 0 saturated heterocycles. The zero-order chi connectivity index (χ0) is 16.8. The minimum absolute atomic E-state index is 0.701. The van der Waals surface area contributed by atoms with E-state index < -0.39 is 0 Å². The van der Waals surface area contributed by atoms with Crippen LogP contribution in [0.4, 0.5) is 0 Å². The molecule has 0 saturated carbocycles. The Morgan fingerprint density at radius 3 is 1.83 bits per heavy atom. The van der Waals surface area contributed by atoms with E-state index in [1.165, 1.54) is 76.3 Å². The van der Waals surface area contributed by atoms with Crippen molar-refractivity contribution in [2.45, 2.75) is 77.7 Å². The molecule has 0 aliphatic rings. The van der Waals surface area contributed by atoms with Crippen LogP contribution in [0.1, 0.15) is 76.7 Å². The summed E-state index contributed by atoms with van der Waals surface area (Å²) in [4.78, 5) is 0. The highest BCUT2D eigenvalue weighted by atomic mass is 35.5. The molecule has 0 heterocycles. The van der Waals surface area contributed by atoms with Crippen LogP contribution in [-0.2, 0) is 6.54 Å². The Kier molecular flexibility index (Phi) is 11.5. The maximum absolute atomic E-state index is 6.25. The Balaban J connectivity index is 2.08. The summed E-state index contributed by atoms with van der Waals surface area (Å²) in [5.74, 6) is 0. The lowest BCUT2D eigenvalue weighted by Gasteiger charge is -2.32. The van der Waals surface area contributed by atoms with Gasteiger partial charge in [-0.25, -0.2) is 0 Å². The number of quaternary nitrogens is 1. The number of unbranched alkanes of at least 4 members (excludes halogenated alkanes) is 9. The lowest BCUT2D eigenvalue weighted by Crippen LogP contribution is -2.42. The number of rotatable bonds is 14. The summed E-state index contributed by atoms with van der Waals surface area (Å²) in [6.45, 7) is 4.52. The van der Waals surface area contributed by atoms with E-state index in [2.05, 4.69) is 44.3 Å². The molecule has 0 radical (unpaired) electrons. The average molecular weight is 339 g/mol. The Bertz CT molecular complexity index is 379. The average Bonchev–Trinajstić information content (AvgIpc) is 2.57. The summed E-state index contributed by atoms with van der Waals surface area (Å²) in [7, 11) is 2.29. The first kappa shape index (κ1) is 20.5. The van der Waals surface area contributed by atoms with Crippen LogP contribution in [0.15, 0.2) is 30.3 Å². The topological polar surface area (TPSA) is 0 Å². The van der Waals surface area contributed by atoms with Crippen molar-refractivity contribution in [3.8, 4) is 0 Å². The molecule has 1 aromatic rings. The second kappa shape index (κ2) is 12.8. The van der Waals surface area contributed by atoms with Gasteiger partial charge in [0.2, 0.25) is 0 Å². The second-order valence-corrected chi connectivity index (χ2v) is 7.53. The molecule has 0 aliphatic heterocycles. The fourth-order valence-electron chi connectivity index (χ4n) is 3.19. The number of nitrogens with zero attached hydrogens (tertiary/aromatic N) is 1. The third kappa shape index (κ3) is 10.0. The predicted molar refractivity (Wildman–Crippen MR) is 104 cm³/mol. The molecule has 132 valence electrons. The van der Waals surface area contributed by atoms with Gasteiger partial charge in [-0.15, -0.1) is 0 Å². The standard InChI is InChI=1S/C21H37ClN/c1-3-4-5-6-7-8-9-10-11-15-18-23(2,20-22)19-21-16-13-12-14-17-21/h12-14,16-17H,3-11,15,18-20H2,1-2H3/q+1. The van der Waals surface area contributed by atoms with Crippen LogP contribution in [0.3, 0.4) is 0 Å². The van der Waals surface area contributed by atoms with E-state index in [0.717, 1.165) is 11.0 Å². The molecule has 0 spiro atoms. The molecule has 0 fully saturated rings. The fraction of sp³-hybridized carbons (Fsp3) is 0.714. The molecule has 0 bridgehead atoms. The van der Waals surface area contributed by atoms with Crippen LogP contribution in [0.5, 0.6) is 0 Å². The summed E-state index contributed by atoms with van der Waals surface area (Å²) < 4.78 is 0.947. The number of halogens is 1. The maximum atomic E-state index is 6.25. The highest BCUT2D eigenvalue weighted by Gasteiger charge is 2.20. The number of benzene rings is 1. The van der Waals surface area contributed by atoms with Crippen LogP contribution in [-0.4, -0.2) is 24.1 Å². The first-order valence-electron chi connectivity index (χ1n) is 9.63. The molecule has 0 aliphatic carbocycles. The lowest BCUT2D eigenvalue weighted by molar-refractivity contribution is -0.912. The van der Waals surface area contributed by atoms with Crippen molar-refractivity contribution >= 4 is 11.6 Å². The van der Waals surface area contributed by atoms with Crippen molar-refractivity contribution in [2.24, 2.45) is 0 Å². The third-order valence-corrected chi connectivity index (χ3v) is 5.32. The molecule has 1 unspecified atom stereocenters. The zero-order valence-corrected chi connectivity index (χ0v) is 16.2. The van der Waals surface area contributed by atoms with E-state index in [1.54, 1.807) is 0 Å². The summed E-state index contributed by atoms with van der Waals surface area (Å²) in [6, 6.07) is 11.4. The normalized spacial score (nSPS) is 13.9. The maximum Gasteiger partial charge on any atom is 0.154 e. The van der Waals surface area contributed by atoms with Crippen LogP contribution >= 0.6 is 11.6 Å². The molecule has 1 rings (SSSR count). The molecular formula is C21H37ClN+. The van der Waals surface area contributed by atoms with Gasteiger partial charge in [-0.3, -0.25) is 0 Å². The Morgan fingerprint density at radius 1 is 0.783 bits per heavy atom. The SMILES string of the molecule is CCCCCCCCCCCC[N+](C)(CCl)Cc1ccccc1. The third-order valence-electron chi connectivity index (χ3n) is 4.75. The van der Waals surface area contributed by atoms with Gasteiger partial charge < -0.3 is 4.48 Å². The highest BCUT2D eigenvalue weighted by molar-refractivity contribution is 6.16. The van der Waals surface area contributed by atoms with Crippen molar-refractivity contribution in [3.63, 3.8) is 0 Å². The van der Waals surface area contributed by atoms with Crippen LogP contribution in [0, 0.1) is 0 Å². The van der Waals surface area contributed by atoms with Gasteiger partial charge in [0.05, 0.1) is 13.6 Å². The lowest BCUT2D eigenvalue weighted by atomic mass is 10.1. The molecule has 1 aromatic carbocycles. The van der Waals surface area contributed by atoms with Gasteiger partial charge in [0.1, 0.15) is 6.54 Å². The first-order chi connectivity index (χ1) is 11.2. The Labute approximate surface area is 149 Å². The Morgan fingerprint density at radius 2 is 1.30 bits per heavy atom. The van der Waals surface area contributed by atoms with Crippen molar-refractivity contribution in [3.05, 3.63) is 35.9 Å². The molecule has 1 atom stereocenters. The smallest absolute Gasteiger partial charge is 0.154 e. The van der Waals surface area contributed by atoms with Crippen molar-refractivity contribution in [1.29, 1.82) is 0 Å². The van der Waals surface area contributed by atoms with E-state index in [4.69, 9.17) is 11.6 Å². The first-order valence-corrected chi connectivity index (χ1v) is 10.2. The molecule has 0 amide bonds. The largest absolute Gasteiger partial charge is 0.310 e. The predicted octanol–water partition coefficient (Wildman–Crippen LogP) is 6.75. The summed E-state index contributed by atoms with van der Waals surface area (Å²) in [5.41, 5.74) is 1.39. The zero-order valence-electron chi connectivity index (χ0n) is 15.4. The van der Waals surface area contributed by atoms with Crippen LogP contribution < -0.4 is 0 Å². The van der Waals surface area contributed by atoms with Gasteiger partial charge in [0.25, 0.3) is 0 Å². The molecular weight excluding hydrogens is 302 g/mol. The second-order valence-electron chi connectivity index (χ2n) is 7.29. The van der Waals surface area contributed by atoms with E-state index in [0.29, 0.717) is 6.00 Å². The van der Waals surface area contributed by atoms with Gasteiger partial charge in [-0.05, 0) is 12.8 Å². The summed E-state index contributed by atoms with van der Waals surface area (Å²) >= 11 is 6.25. The molecule has 23 heavy (non-hydrogen) atoms. The van der Waals surface area contributed by atoms with Gasteiger partial charge >= 0.3 is 0 Å². The van der Waals surface area contributed by atoms with E-state index in [9.17, 15) is 0 Å². The van der Waals surface area contributed by atoms with Crippen molar-refractivity contribution in [2.75, 3.05) is 19.6 Å². The van der Waals surface area contributed by atoms with E-state index in [-0.39, 0.29) is 0 Å². The van der Waals surface area contributed by atoms with Crippen molar-refractivity contribution < 1.29 is 4.48 Å². The van der Waals surface area contributed by atoms with Gasteiger partial charge in [0.15, 0.2) is 6.00 Å². The van der Waals surface area contributed by atoms with E-state index >= 15 is 0 Å². The van der Waals surface area contributed by atoms with Crippen LogP contribution in [0.25, 0.3) is 0 Å². The minimum Gasteiger partial charge on any atom is -0.310 e. The number of hydrogen-bond donors (Lipinski definition) is 0. The Hall–Kier alpha value is -0.530. The highest BCUT2D eigenvalue weighted by Crippen LogP contribution is 2.16. The summed E-state index contributed by atoms with van der Waals surface area (Å²) in [5, 5.41) is 0. The minimum atomic E-state index is 0.701. The van der Waals surface area contributed by atoms with Gasteiger partial charge in [-0.2, -0.15) is 0 Å². The van der Waals surface area contributed by atoms with E-state index in [1.807, 2.05) is 0 Å². The fourth-order valence-corrected chi connectivity index (χ4v) is 3.39. The molecule has 2 heteroatoms. The molecule has 0 aromatic heterocycles. The van der Waals surface area contributed by atoms with Gasteiger partial charge in [-0.1, -0.05) is 100 Å². The quantitative estimate of drug-likeness (QED) is 0.152.